The number of hydrogen-bond donors (Lipinski definition) is 2. The van der Waals surface area contributed by atoms with E-state index in [1.165, 1.54) is 12.1 Å². The number of carbonyl (C=O) groups is 1. The SMILES string of the molecule is CC(C)OP(=O)(OC(C)C)[C@H](Nc1cccc(C(=O)O)c1)c1ccccc1. The van der Waals surface area contributed by atoms with Crippen molar-refractivity contribution in [3.05, 3.63) is 65.7 Å². The molecule has 2 aromatic carbocycles. The fraction of sp³-hybridized carbons (Fsp3) is 0.350. The van der Waals surface area contributed by atoms with E-state index in [0.717, 1.165) is 5.56 Å². The summed E-state index contributed by atoms with van der Waals surface area (Å²) in [6, 6.07) is 15.6. The lowest BCUT2D eigenvalue weighted by molar-refractivity contribution is 0.0697. The molecule has 0 radical (unpaired) electrons. The molecule has 0 unspecified atom stereocenters. The van der Waals surface area contributed by atoms with Crippen molar-refractivity contribution in [3.8, 4) is 0 Å². The molecule has 0 bridgehead atoms. The summed E-state index contributed by atoms with van der Waals surface area (Å²) in [7, 11) is -3.63. The van der Waals surface area contributed by atoms with E-state index in [9.17, 15) is 14.5 Å². The number of carboxylic acid groups (broad SMARTS) is 1. The molecule has 0 fully saturated rings. The van der Waals surface area contributed by atoms with Crippen LogP contribution in [0.15, 0.2) is 54.6 Å². The number of anilines is 1. The molecule has 146 valence electrons. The Morgan fingerprint density at radius 1 is 0.963 bits per heavy atom. The molecule has 0 saturated heterocycles. The van der Waals surface area contributed by atoms with Gasteiger partial charge in [0.1, 0.15) is 0 Å². The summed E-state index contributed by atoms with van der Waals surface area (Å²) >= 11 is 0. The van der Waals surface area contributed by atoms with Crippen molar-refractivity contribution < 1.29 is 23.5 Å². The molecule has 2 rings (SSSR count). The second kappa shape index (κ2) is 9.18. The van der Waals surface area contributed by atoms with Gasteiger partial charge in [-0.15, -0.1) is 0 Å². The molecule has 0 aliphatic carbocycles. The Labute approximate surface area is 160 Å². The largest absolute Gasteiger partial charge is 0.478 e. The van der Waals surface area contributed by atoms with Gasteiger partial charge in [0, 0.05) is 5.69 Å². The average molecular weight is 391 g/mol. The van der Waals surface area contributed by atoms with Gasteiger partial charge in [-0.3, -0.25) is 4.57 Å². The third-order valence-electron chi connectivity index (χ3n) is 3.56. The predicted octanol–water partition coefficient (Wildman–Crippen LogP) is 5.54. The van der Waals surface area contributed by atoms with Gasteiger partial charge in [-0.05, 0) is 51.5 Å². The minimum absolute atomic E-state index is 0.135. The molecule has 0 spiro atoms. The van der Waals surface area contributed by atoms with E-state index in [1.54, 1.807) is 39.8 Å². The topological polar surface area (TPSA) is 84.9 Å². The van der Waals surface area contributed by atoms with Gasteiger partial charge in [0.25, 0.3) is 0 Å². The fourth-order valence-corrected chi connectivity index (χ4v) is 4.93. The Morgan fingerprint density at radius 2 is 1.56 bits per heavy atom. The average Bonchev–Trinajstić information content (AvgIpc) is 2.59. The lowest BCUT2D eigenvalue weighted by Gasteiger charge is -2.31. The molecule has 0 aromatic heterocycles. The first-order valence-corrected chi connectivity index (χ1v) is 10.4. The van der Waals surface area contributed by atoms with Crippen molar-refractivity contribution in [2.75, 3.05) is 5.32 Å². The van der Waals surface area contributed by atoms with E-state index in [1.807, 2.05) is 30.3 Å². The molecule has 2 N–H and O–H groups in total. The molecule has 0 amide bonds. The van der Waals surface area contributed by atoms with Crippen LogP contribution in [0.5, 0.6) is 0 Å². The third kappa shape index (κ3) is 5.93. The Kier molecular flexibility index (Phi) is 7.19. The summed E-state index contributed by atoms with van der Waals surface area (Å²) in [5.74, 6) is -1.82. The normalized spacial score (nSPS) is 13.0. The van der Waals surface area contributed by atoms with Crippen LogP contribution in [0, 0.1) is 0 Å². The zero-order valence-electron chi connectivity index (χ0n) is 16.0. The zero-order chi connectivity index (χ0) is 20.0. The molecule has 0 heterocycles. The number of nitrogens with one attached hydrogen (secondary N) is 1. The number of aromatic carboxylic acids is 1. The van der Waals surface area contributed by atoms with Crippen LogP contribution >= 0.6 is 7.60 Å². The number of rotatable bonds is 9. The Hall–Kier alpha value is -2.14. The quantitative estimate of drug-likeness (QED) is 0.546. The van der Waals surface area contributed by atoms with Crippen molar-refractivity contribution in [1.29, 1.82) is 0 Å². The van der Waals surface area contributed by atoms with Gasteiger partial charge >= 0.3 is 13.6 Å². The number of hydrogen-bond acceptors (Lipinski definition) is 5. The van der Waals surface area contributed by atoms with E-state index in [-0.39, 0.29) is 17.8 Å². The van der Waals surface area contributed by atoms with Gasteiger partial charge in [-0.25, -0.2) is 4.79 Å². The highest BCUT2D eigenvalue weighted by molar-refractivity contribution is 7.54. The van der Waals surface area contributed by atoms with Gasteiger partial charge in [-0.1, -0.05) is 36.4 Å². The van der Waals surface area contributed by atoms with Crippen LogP contribution in [0.3, 0.4) is 0 Å². The van der Waals surface area contributed by atoms with Crippen LogP contribution < -0.4 is 5.32 Å². The lowest BCUT2D eigenvalue weighted by Crippen LogP contribution is -2.19. The zero-order valence-corrected chi connectivity index (χ0v) is 16.9. The van der Waals surface area contributed by atoms with Crippen molar-refractivity contribution in [2.24, 2.45) is 0 Å². The van der Waals surface area contributed by atoms with E-state index in [4.69, 9.17) is 9.05 Å². The summed E-state index contributed by atoms with van der Waals surface area (Å²) in [4.78, 5) is 11.3. The first-order chi connectivity index (χ1) is 12.7. The van der Waals surface area contributed by atoms with Crippen molar-refractivity contribution in [1.82, 2.24) is 0 Å². The van der Waals surface area contributed by atoms with Crippen LogP contribution in [-0.4, -0.2) is 23.3 Å². The number of carboxylic acids is 1. The van der Waals surface area contributed by atoms with Gasteiger partial charge < -0.3 is 19.5 Å². The van der Waals surface area contributed by atoms with E-state index in [2.05, 4.69) is 5.32 Å². The maximum atomic E-state index is 13.7. The molecule has 27 heavy (non-hydrogen) atoms. The molecule has 0 saturated carbocycles. The second-order valence-corrected chi connectivity index (χ2v) is 8.71. The van der Waals surface area contributed by atoms with E-state index in [0.29, 0.717) is 5.69 Å². The Morgan fingerprint density at radius 3 is 2.07 bits per heavy atom. The third-order valence-corrected chi connectivity index (χ3v) is 6.05. The summed E-state index contributed by atoms with van der Waals surface area (Å²) in [6.07, 6.45) is -0.624. The summed E-state index contributed by atoms with van der Waals surface area (Å²) in [6.45, 7) is 7.18. The fourth-order valence-electron chi connectivity index (χ4n) is 2.61. The van der Waals surface area contributed by atoms with E-state index >= 15 is 0 Å². The molecule has 2 aromatic rings. The highest BCUT2D eigenvalue weighted by Crippen LogP contribution is 2.62. The molecule has 7 heteroatoms. The maximum absolute atomic E-state index is 13.7. The summed E-state index contributed by atoms with van der Waals surface area (Å²) in [5.41, 5.74) is 1.38. The van der Waals surface area contributed by atoms with Gasteiger partial charge in [0.2, 0.25) is 0 Å². The maximum Gasteiger partial charge on any atom is 0.357 e. The van der Waals surface area contributed by atoms with E-state index < -0.39 is 19.3 Å². The second-order valence-electron chi connectivity index (χ2n) is 6.69. The van der Waals surface area contributed by atoms with Gasteiger partial charge in [0.15, 0.2) is 5.78 Å². The molecular formula is C20H26NO5P. The van der Waals surface area contributed by atoms with Crippen molar-refractivity contribution in [3.63, 3.8) is 0 Å². The van der Waals surface area contributed by atoms with Crippen LogP contribution in [0.4, 0.5) is 5.69 Å². The highest BCUT2D eigenvalue weighted by Gasteiger charge is 2.39. The Bertz CT molecular complexity index is 793. The minimum Gasteiger partial charge on any atom is -0.478 e. The van der Waals surface area contributed by atoms with Crippen LogP contribution in [0.2, 0.25) is 0 Å². The first kappa shape index (κ1) is 21.2. The van der Waals surface area contributed by atoms with Crippen LogP contribution in [0.1, 0.15) is 49.4 Å². The molecule has 0 aliphatic rings. The Balaban J connectivity index is 2.49. The molecule has 0 aliphatic heterocycles. The summed E-state index contributed by atoms with van der Waals surface area (Å²) < 4.78 is 25.3. The van der Waals surface area contributed by atoms with Crippen molar-refractivity contribution in [2.45, 2.75) is 45.7 Å². The van der Waals surface area contributed by atoms with Crippen molar-refractivity contribution >= 4 is 19.3 Å². The monoisotopic (exact) mass is 391 g/mol. The minimum atomic E-state index is -3.63. The first-order valence-electron chi connectivity index (χ1n) is 8.82. The van der Waals surface area contributed by atoms with Crippen LogP contribution in [-0.2, 0) is 13.6 Å². The van der Waals surface area contributed by atoms with Crippen LogP contribution in [0.25, 0.3) is 0 Å². The highest BCUT2D eigenvalue weighted by atomic mass is 31.2. The smallest absolute Gasteiger partial charge is 0.357 e. The lowest BCUT2D eigenvalue weighted by atomic mass is 10.2. The standard InChI is InChI=1S/C20H26NO5P/c1-14(2)25-27(24,26-15(3)4)19(16-9-6-5-7-10-16)21-18-12-8-11-17(13-18)20(22)23/h5-15,19,21H,1-4H3,(H,22,23)/t19-/m0/s1. The van der Waals surface area contributed by atoms with Gasteiger partial charge in [0.05, 0.1) is 17.8 Å². The summed E-state index contributed by atoms with van der Waals surface area (Å²) in [5, 5.41) is 12.4. The van der Waals surface area contributed by atoms with Gasteiger partial charge in [-0.2, -0.15) is 0 Å². The molecular weight excluding hydrogens is 365 g/mol. The molecule has 1 atom stereocenters. The molecule has 6 nitrogen and oxygen atoms in total. The number of benzene rings is 2. The predicted molar refractivity (Wildman–Crippen MR) is 106 cm³/mol.